The highest BCUT2D eigenvalue weighted by atomic mass is 19.4. The molecular weight excluding hydrogens is 400 g/mol. The lowest BCUT2D eigenvalue weighted by atomic mass is 9.81. The molecule has 2 aromatic carbocycles. The maximum atomic E-state index is 14.2. The Morgan fingerprint density at radius 1 is 1.13 bits per heavy atom. The monoisotopic (exact) mass is 426 g/mol. The van der Waals surface area contributed by atoms with Gasteiger partial charge in [-0.05, 0) is 51.0 Å². The van der Waals surface area contributed by atoms with Crippen LogP contribution < -0.4 is 4.74 Å². The second-order valence-corrected chi connectivity index (χ2v) is 7.46. The number of alkyl halides is 3. The van der Waals surface area contributed by atoms with Crippen molar-refractivity contribution in [3.8, 4) is 5.75 Å². The van der Waals surface area contributed by atoms with Crippen molar-refractivity contribution in [3.63, 3.8) is 0 Å². The molecule has 1 N–H and O–H groups in total. The number of methoxy groups -OCH3 is 1. The van der Waals surface area contributed by atoms with E-state index < -0.39 is 28.7 Å². The summed E-state index contributed by atoms with van der Waals surface area (Å²) in [5.41, 5.74) is -4.09. The first-order chi connectivity index (χ1) is 13.8. The summed E-state index contributed by atoms with van der Waals surface area (Å²) in [6.45, 7) is 6.71. The molecule has 0 bridgehead atoms. The van der Waals surface area contributed by atoms with Gasteiger partial charge >= 0.3 is 6.18 Å². The molecule has 1 unspecified atom stereocenters. The first-order valence-corrected chi connectivity index (χ1v) is 9.34. The molecule has 2 rings (SSSR count). The number of aliphatic hydroxyl groups is 1. The number of ether oxygens (including phenoxy) is 1. The quantitative estimate of drug-likeness (QED) is 0.390. The van der Waals surface area contributed by atoms with Crippen LogP contribution in [0, 0.1) is 19.7 Å². The predicted octanol–water partition coefficient (Wildman–Crippen LogP) is 5.25. The number of nitrogens with zero attached hydrogens (tertiary/aromatic N) is 2. The minimum Gasteiger partial charge on any atom is -0.496 e. The van der Waals surface area contributed by atoms with Crippen LogP contribution in [0.25, 0.3) is 0 Å². The molecule has 0 spiro atoms. The zero-order valence-corrected chi connectivity index (χ0v) is 17.8. The first kappa shape index (κ1) is 23.7. The Bertz CT molecular complexity index is 941. The summed E-state index contributed by atoms with van der Waals surface area (Å²) in [4.78, 5) is 6.16. The smallest absolute Gasteiger partial charge is 0.425 e. The zero-order valence-electron chi connectivity index (χ0n) is 17.8. The molecule has 0 aliphatic rings. The number of aliphatic imine (C=N–C) groups is 1. The van der Waals surface area contributed by atoms with E-state index in [0.717, 1.165) is 18.2 Å². The number of hydrogen-bond acceptors (Lipinski definition) is 3. The number of halogens is 4. The molecule has 0 heterocycles. The predicted molar refractivity (Wildman–Crippen MR) is 109 cm³/mol. The van der Waals surface area contributed by atoms with Crippen molar-refractivity contribution < 1.29 is 27.4 Å². The minimum absolute atomic E-state index is 0.182. The largest absolute Gasteiger partial charge is 0.496 e. The lowest BCUT2D eigenvalue weighted by Gasteiger charge is -2.34. The number of benzene rings is 2. The maximum absolute atomic E-state index is 14.2. The third-order valence-corrected chi connectivity index (χ3v) is 5.17. The molecule has 0 aliphatic heterocycles. The molecule has 2 aromatic rings. The molecular formula is C22H26F4N2O2. The van der Waals surface area contributed by atoms with Gasteiger partial charge in [-0.3, -0.25) is 0 Å². The van der Waals surface area contributed by atoms with Crippen LogP contribution in [-0.4, -0.2) is 42.7 Å². The van der Waals surface area contributed by atoms with Crippen LogP contribution in [0.2, 0.25) is 0 Å². The van der Waals surface area contributed by atoms with Crippen LogP contribution in [0.1, 0.15) is 36.1 Å². The van der Waals surface area contributed by atoms with Gasteiger partial charge in [0.15, 0.2) is 0 Å². The van der Waals surface area contributed by atoms with Gasteiger partial charge in [-0.1, -0.05) is 12.1 Å². The third kappa shape index (κ3) is 4.28. The zero-order chi connectivity index (χ0) is 22.9. The van der Waals surface area contributed by atoms with Crippen molar-refractivity contribution in [2.75, 3.05) is 14.2 Å². The van der Waals surface area contributed by atoms with E-state index in [0.29, 0.717) is 11.3 Å². The highest BCUT2D eigenvalue weighted by molar-refractivity contribution is 5.66. The lowest BCUT2D eigenvalue weighted by Crippen LogP contribution is -2.44. The standard InChI is InChI=1S/C22H26F4N2O2/c1-13(2)28(5)12-27-19-11-20(30-6)17(10-14(19)3)21(29,22(24,25)26)16-8-7-9-18(23)15(16)4/h7-13,29H,1-6H3. The Morgan fingerprint density at radius 2 is 1.77 bits per heavy atom. The van der Waals surface area contributed by atoms with E-state index >= 15 is 0 Å². The van der Waals surface area contributed by atoms with Gasteiger partial charge in [-0.15, -0.1) is 0 Å². The molecule has 0 saturated heterocycles. The molecule has 8 heteroatoms. The van der Waals surface area contributed by atoms with Crippen molar-refractivity contribution >= 4 is 12.0 Å². The average molecular weight is 426 g/mol. The molecule has 0 radical (unpaired) electrons. The second-order valence-electron chi connectivity index (χ2n) is 7.46. The van der Waals surface area contributed by atoms with E-state index in [9.17, 15) is 22.7 Å². The summed E-state index contributed by atoms with van der Waals surface area (Å²) >= 11 is 0. The van der Waals surface area contributed by atoms with Crippen LogP contribution in [0.15, 0.2) is 35.3 Å². The topological polar surface area (TPSA) is 45.1 Å². The highest BCUT2D eigenvalue weighted by Gasteiger charge is 2.58. The molecule has 1 atom stereocenters. The van der Waals surface area contributed by atoms with Crippen molar-refractivity contribution in [2.45, 2.75) is 45.5 Å². The van der Waals surface area contributed by atoms with E-state index in [-0.39, 0.29) is 17.4 Å². The van der Waals surface area contributed by atoms with Gasteiger partial charge in [-0.2, -0.15) is 13.2 Å². The molecule has 0 saturated carbocycles. The summed E-state index contributed by atoms with van der Waals surface area (Å²) in [5, 5.41) is 11.0. The minimum atomic E-state index is -5.13. The highest BCUT2D eigenvalue weighted by Crippen LogP contribution is 2.49. The van der Waals surface area contributed by atoms with E-state index in [1.165, 1.54) is 26.2 Å². The number of rotatable bonds is 6. The van der Waals surface area contributed by atoms with Gasteiger partial charge in [0.25, 0.3) is 0 Å². The Balaban J connectivity index is 2.75. The Morgan fingerprint density at radius 3 is 2.30 bits per heavy atom. The SMILES string of the molecule is COc1cc(N=CN(C)C(C)C)c(C)cc1C(O)(c1cccc(F)c1C)C(F)(F)F. The van der Waals surface area contributed by atoms with Gasteiger partial charge in [0.2, 0.25) is 5.60 Å². The van der Waals surface area contributed by atoms with Crippen LogP contribution in [-0.2, 0) is 5.60 Å². The maximum Gasteiger partial charge on any atom is 0.425 e. The van der Waals surface area contributed by atoms with Gasteiger partial charge in [-0.25, -0.2) is 9.38 Å². The van der Waals surface area contributed by atoms with Crippen molar-refractivity contribution in [1.82, 2.24) is 4.90 Å². The number of aryl methyl sites for hydroxylation is 1. The van der Waals surface area contributed by atoms with Crippen LogP contribution in [0.3, 0.4) is 0 Å². The van der Waals surface area contributed by atoms with Crippen molar-refractivity contribution in [2.24, 2.45) is 4.99 Å². The first-order valence-electron chi connectivity index (χ1n) is 9.34. The molecule has 0 aromatic heterocycles. The van der Waals surface area contributed by atoms with Gasteiger partial charge in [0, 0.05) is 30.3 Å². The Labute approximate surface area is 173 Å². The van der Waals surface area contributed by atoms with Crippen LogP contribution in [0.4, 0.5) is 23.2 Å². The van der Waals surface area contributed by atoms with Gasteiger partial charge in [0.1, 0.15) is 11.6 Å². The van der Waals surface area contributed by atoms with Crippen LogP contribution >= 0.6 is 0 Å². The van der Waals surface area contributed by atoms with E-state index in [2.05, 4.69) is 4.99 Å². The third-order valence-electron chi connectivity index (χ3n) is 5.17. The lowest BCUT2D eigenvalue weighted by molar-refractivity contribution is -0.249. The van der Waals surface area contributed by atoms with Crippen LogP contribution in [0.5, 0.6) is 5.75 Å². The molecule has 0 aliphatic carbocycles. The van der Waals surface area contributed by atoms with Crippen molar-refractivity contribution in [3.05, 3.63) is 58.4 Å². The molecule has 0 fully saturated rings. The van der Waals surface area contributed by atoms with Gasteiger partial charge in [0.05, 0.1) is 19.1 Å². The molecule has 164 valence electrons. The normalized spacial score (nSPS) is 14.3. The fourth-order valence-electron chi connectivity index (χ4n) is 3.00. The van der Waals surface area contributed by atoms with Gasteiger partial charge < -0.3 is 14.7 Å². The number of hydrogen-bond donors (Lipinski definition) is 1. The fraction of sp³-hybridized carbons (Fsp3) is 0.409. The molecule has 4 nitrogen and oxygen atoms in total. The summed E-state index contributed by atoms with van der Waals surface area (Å²) in [5.74, 6) is -1.05. The summed E-state index contributed by atoms with van der Waals surface area (Å²) in [6.07, 6.45) is -3.56. The fourth-order valence-corrected chi connectivity index (χ4v) is 3.00. The average Bonchev–Trinajstić information content (AvgIpc) is 2.67. The van der Waals surface area contributed by atoms with E-state index in [1.54, 1.807) is 13.3 Å². The summed E-state index contributed by atoms with van der Waals surface area (Å²) < 4.78 is 61.9. The second kappa shape index (κ2) is 8.63. The molecule has 30 heavy (non-hydrogen) atoms. The van der Waals surface area contributed by atoms with Crippen molar-refractivity contribution in [1.29, 1.82) is 0 Å². The van der Waals surface area contributed by atoms with E-state index in [1.807, 2.05) is 25.8 Å². The Hall–Kier alpha value is -2.61. The summed E-state index contributed by atoms with van der Waals surface area (Å²) in [6, 6.07) is 5.93. The van der Waals surface area contributed by atoms with E-state index in [4.69, 9.17) is 4.74 Å². The summed E-state index contributed by atoms with van der Waals surface area (Å²) in [7, 11) is 3.03. The molecule has 0 amide bonds. The Kier molecular flexibility index (Phi) is 6.81.